The van der Waals surface area contributed by atoms with Crippen LogP contribution in [0.5, 0.6) is 0 Å². The smallest absolute Gasteiger partial charge is 0.225 e. The summed E-state index contributed by atoms with van der Waals surface area (Å²) in [6.07, 6.45) is 1.15. The summed E-state index contributed by atoms with van der Waals surface area (Å²) in [6.45, 7) is 6.08. The van der Waals surface area contributed by atoms with Crippen LogP contribution in [0.15, 0.2) is 54.6 Å². The monoisotopic (exact) mass is 333 g/mol. The maximum atomic E-state index is 11.7. The number of para-hydroxylation sites is 1. The summed E-state index contributed by atoms with van der Waals surface area (Å²) in [5.41, 5.74) is 2.64. The summed E-state index contributed by atoms with van der Waals surface area (Å²) in [4.78, 5) is 4.79. The molecule has 0 unspecified atom stereocenters. The van der Waals surface area contributed by atoms with E-state index in [9.17, 15) is 8.42 Å². The van der Waals surface area contributed by atoms with Crippen molar-refractivity contribution in [3.05, 3.63) is 54.6 Å². The van der Waals surface area contributed by atoms with E-state index in [1.165, 1.54) is 0 Å². The molecule has 2 rings (SSSR count). The number of sulfonamides is 1. The van der Waals surface area contributed by atoms with Crippen LogP contribution < -0.4 is 14.7 Å². The first-order chi connectivity index (χ1) is 10.9. The van der Waals surface area contributed by atoms with E-state index in [-0.39, 0.29) is 0 Å². The molecule has 0 aliphatic heterocycles. The van der Waals surface area contributed by atoms with Crippen LogP contribution in [0.4, 0.5) is 17.1 Å². The van der Waals surface area contributed by atoms with Crippen molar-refractivity contribution < 1.29 is 8.42 Å². The van der Waals surface area contributed by atoms with Gasteiger partial charge in [-0.15, -0.1) is 4.83 Å². The highest BCUT2D eigenvalue weighted by Gasteiger charge is 2.14. The van der Waals surface area contributed by atoms with E-state index in [0.717, 1.165) is 36.4 Å². The van der Waals surface area contributed by atoms with Crippen LogP contribution in [0, 0.1) is 0 Å². The highest BCUT2D eigenvalue weighted by molar-refractivity contribution is 7.88. The number of hydrogen-bond donors (Lipinski definition) is 1. The zero-order valence-electron chi connectivity index (χ0n) is 13.7. The molecule has 0 bridgehead atoms. The lowest BCUT2D eigenvalue weighted by Gasteiger charge is -2.26. The number of hydrazine groups is 1. The Hall–Kier alpha value is -2.05. The second-order valence-electron chi connectivity index (χ2n) is 5.22. The standard InChI is InChI=1S/C17H23N3O2S/c1-4-19(5-2)15-11-13-17(14-12-15)20(18-23(3,21)22)16-9-7-6-8-10-16/h6-14,18H,4-5H2,1-3H3. The molecule has 0 saturated heterocycles. The van der Waals surface area contributed by atoms with Crippen molar-refractivity contribution in [1.82, 2.24) is 4.83 Å². The fraction of sp³-hybridized carbons (Fsp3) is 0.294. The first-order valence-electron chi connectivity index (χ1n) is 7.62. The van der Waals surface area contributed by atoms with Crippen molar-refractivity contribution >= 4 is 27.1 Å². The first kappa shape index (κ1) is 17.3. The molecule has 0 radical (unpaired) electrons. The van der Waals surface area contributed by atoms with Crippen LogP contribution in [0.3, 0.4) is 0 Å². The van der Waals surface area contributed by atoms with Crippen LogP contribution in [-0.4, -0.2) is 27.8 Å². The minimum Gasteiger partial charge on any atom is -0.372 e. The van der Waals surface area contributed by atoms with Gasteiger partial charge in [-0.1, -0.05) is 18.2 Å². The van der Waals surface area contributed by atoms with Gasteiger partial charge >= 0.3 is 0 Å². The number of anilines is 3. The van der Waals surface area contributed by atoms with Crippen molar-refractivity contribution in [2.24, 2.45) is 0 Å². The van der Waals surface area contributed by atoms with Crippen molar-refractivity contribution in [3.63, 3.8) is 0 Å². The van der Waals surface area contributed by atoms with Crippen LogP contribution in [-0.2, 0) is 10.0 Å². The molecule has 2 aromatic carbocycles. The predicted octanol–water partition coefficient (Wildman–Crippen LogP) is 3.14. The average molecular weight is 333 g/mol. The van der Waals surface area contributed by atoms with Gasteiger partial charge in [0.25, 0.3) is 0 Å². The maximum absolute atomic E-state index is 11.7. The SMILES string of the molecule is CCN(CC)c1ccc(N(NS(C)(=O)=O)c2ccccc2)cc1. The van der Waals surface area contributed by atoms with Gasteiger partial charge in [-0.2, -0.15) is 0 Å². The fourth-order valence-corrected chi connectivity index (χ4v) is 2.94. The van der Waals surface area contributed by atoms with Gasteiger partial charge in [0.15, 0.2) is 0 Å². The molecule has 0 atom stereocenters. The molecule has 0 aromatic heterocycles. The summed E-state index contributed by atoms with van der Waals surface area (Å²) in [6, 6.07) is 17.2. The second kappa shape index (κ2) is 7.48. The van der Waals surface area contributed by atoms with E-state index in [4.69, 9.17) is 0 Å². The molecule has 1 N–H and O–H groups in total. The van der Waals surface area contributed by atoms with Crippen LogP contribution in [0.2, 0.25) is 0 Å². The topological polar surface area (TPSA) is 52.6 Å². The minimum atomic E-state index is -3.39. The van der Waals surface area contributed by atoms with E-state index in [1.54, 1.807) is 5.01 Å². The van der Waals surface area contributed by atoms with Crippen molar-refractivity contribution in [1.29, 1.82) is 0 Å². The van der Waals surface area contributed by atoms with Crippen molar-refractivity contribution in [3.8, 4) is 0 Å². The summed E-state index contributed by atoms with van der Waals surface area (Å²) >= 11 is 0. The van der Waals surface area contributed by atoms with Gasteiger partial charge in [0, 0.05) is 18.8 Å². The Kier molecular flexibility index (Phi) is 5.63. The molecule has 0 aliphatic carbocycles. The van der Waals surface area contributed by atoms with Gasteiger partial charge in [-0.05, 0) is 50.2 Å². The summed E-state index contributed by atoms with van der Waals surface area (Å²) in [5.74, 6) is 0. The van der Waals surface area contributed by atoms with Gasteiger partial charge in [-0.25, -0.2) is 8.42 Å². The van der Waals surface area contributed by atoms with Crippen molar-refractivity contribution in [2.75, 3.05) is 29.3 Å². The van der Waals surface area contributed by atoms with Crippen LogP contribution in [0.1, 0.15) is 13.8 Å². The average Bonchev–Trinajstić information content (AvgIpc) is 2.55. The Morgan fingerprint density at radius 1 is 0.826 bits per heavy atom. The van der Waals surface area contributed by atoms with Gasteiger partial charge in [0.2, 0.25) is 10.0 Å². The Morgan fingerprint density at radius 3 is 1.78 bits per heavy atom. The normalized spacial score (nSPS) is 11.3. The molecule has 0 aliphatic rings. The highest BCUT2D eigenvalue weighted by atomic mass is 32.2. The van der Waals surface area contributed by atoms with Gasteiger partial charge in [-0.3, -0.25) is 5.01 Å². The van der Waals surface area contributed by atoms with E-state index >= 15 is 0 Å². The van der Waals surface area contributed by atoms with E-state index in [1.807, 2.05) is 54.6 Å². The van der Waals surface area contributed by atoms with Gasteiger partial charge in [0.05, 0.1) is 17.6 Å². The van der Waals surface area contributed by atoms with Crippen LogP contribution >= 0.6 is 0 Å². The number of hydrogen-bond acceptors (Lipinski definition) is 4. The van der Waals surface area contributed by atoms with Gasteiger partial charge < -0.3 is 4.90 Å². The summed E-state index contributed by atoms with van der Waals surface area (Å²) < 4.78 is 23.4. The molecule has 6 heteroatoms. The predicted molar refractivity (Wildman–Crippen MR) is 96.6 cm³/mol. The molecule has 124 valence electrons. The fourth-order valence-electron chi connectivity index (χ4n) is 2.40. The largest absolute Gasteiger partial charge is 0.372 e. The minimum absolute atomic E-state index is 0.758. The molecular formula is C17H23N3O2S. The Bertz CT molecular complexity index is 711. The molecule has 0 spiro atoms. The van der Waals surface area contributed by atoms with Crippen molar-refractivity contribution in [2.45, 2.75) is 13.8 Å². The number of nitrogens with zero attached hydrogens (tertiary/aromatic N) is 2. The molecule has 2 aromatic rings. The molecule has 0 saturated carbocycles. The number of benzene rings is 2. The number of rotatable bonds is 7. The third kappa shape index (κ3) is 4.71. The highest BCUT2D eigenvalue weighted by Crippen LogP contribution is 2.26. The molecular weight excluding hydrogens is 310 g/mol. The zero-order chi connectivity index (χ0) is 16.9. The molecule has 23 heavy (non-hydrogen) atoms. The lowest BCUT2D eigenvalue weighted by atomic mass is 10.2. The molecule has 0 heterocycles. The van der Waals surface area contributed by atoms with E-state index in [2.05, 4.69) is 23.6 Å². The lowest BCUT2D eigenvalue weighted by molar-refractivity contribution is 0.589. The molecule has 0 fully saturated rings. The number of nitrogens with one attached hydrogen (secondary N) is 1. The lowest BCUT2D eigenvalue weighted by Crippen LogP contribution is -2.38. The molecule has 5 nitrogen and oxygen atoms in total. The van der Waals surface area contributed by atoms with Crippen LogP contribution in [0.25, 0.3) is 0 Å². The third-order valence-corrected chi connectivity index (χ3v) is 4.02. The third-order valence-electron chi connectivity index (χ3n) is 3.51. The second-order valence-corrected chi connectivity index (χ2v) is 6.95. The zero-order valence-corrected chi connectivity index (χ0v) is 14.5. The first-order valence-corrected chi connectivity index (χ1v) is 9.51. The Labute approximate surface area is 138 Å². The summed E-state index contributed by atoms with van der Waals surface area (Å²) in [7, 11) is -3.39. The Morgan fingerprint density at radius 2 is 1.30 bits per heavy atom. The maximum Gasteiger partial charge on any atom is 0.225 e. The van der Waals surface area contributed by atoms with Gasteiger partial charge in [0.1, 0.15) is 0 Å². The van der Waals surface area contributed by atoms with E-state index in [0.29, 0.717) is 0 Å². The molecule has 0 amide bonds. The quantitative estimate of drug-likeness (QED) is 0.791. The van der Waals surface area contributed by atoms with E-state index < -0.39 is 10.0 Å². The summed E-state index contributed by atoms with van der Waals surface area (Å²) in [5, 5.41) is 1.57. The Balaban J connectivity index is 2.36.